The van der Waals surface area contributed by atoms with E-state index in [9.17, 15) is 40.3 Å². The average Bonchev–Trinajstić information content (AvgIpc) is 2.74. The molecule has 0 spiro atoms. The van der Waals surface area contributed by atoms with E-state index < -0.39 is 65.5 Å². The standard InChI is InChI=1S/C23H21ClF7NO3/c1-3-35-19(33)11-16(23(29,30)31)14-6-9-17(25)18(10-14)32-21(34)20(12(2)22(26,27)28)13-4-7-15(24)8-5-13/h4-10,12,16,20H,3,11H2,1-2H3,(H,32,34)/t12-,16?,20+/m1/s1. The predicted molar refractivity (Wildman–Crippen MR) is 114 cm³/mol. The minimum absolute atomic E-state index is 0.0798. The SMILES string of the molecule is CCOC(=O)CC(c1ccc(F)c(NC(=O)[C@H](c2ccc(Cl)cc2)[C@@H](C)C(F)(F)F)c1)C(F)(F)F. The number of nitrogens with one attached hydrogen (secondary N) is 1. The van der Waals surface area contributed by atoms with Crippen molar-refractivity contribution in [3.63, 3.8) is 0 Å². The van der Waals surface area contributed by atoms with Crippen LogP contribution in [0.25, 0.3) is 0 Å². The van der Waals surface area contributed by atoms with Crippen LogP contribution >= 0.6 is 11.6 Å². The van der Waals surface area contributed by atoms with E-state index in [-0.39, 0.29) is 17.2 Å². The molecule has 1 unspecified atom stereocenters. The largest absolute Gasteiger partial charge is 0.466 e. The Labute approximate surface area is 201 Å². The fraction of sp³-hybridized carbons (Fsp3) is 0.391. The number of carbonyl (C=O) groups is 2. The highest BCUT2D eigenvalue weighted by Crippen LogP contribution is 2.41. The van der Waals surface area contributed by atoms with Gasteiger partial charge in [-0.2, -0.15) is 26.3 Å². The number of halogens is 8. The van der Waals surface area contributed by atoms with Crippen molar-refractivity contribution in [1.82, 2.24) is 0 Å². The van der Waals surface area contributed by atoms with E-state index in [0.717, 1.165) is 13.0 Å². The molecule has 1 N–H and O–H groups in total. The molecule has 0 fully saturated rings. The quantitative estimate of drug-likeness (QED) is 0.297. The maximum absolute atomic E-state index is 14.4. The average molecular weight is 528 g/mol. The lowest BCUT2D eigenvalue weighted by Crippen LogP contribution is -2.34. The second kappa shape index (κ2) is 11.3. The summed E-state index contributed by atoms with van der Waals surface area (Å²) in [5.41, 5.74) is -1.42. The van der Waals surface area contributed by atoms with Gasteiger partial charge in [0, 0.05) is 5.02 Å². The molecule has 0 aliphatic rings. The van der Waals surface area contributed by atoms with Crippen molar-refractivity contribution in [3.05, 3.63) is 64.4 Å². The summed E-state index contributed by atoms with van der Waals surface area (Å²) in [6, 6.07) is 6.97. The molecule has 0 aliphatic carbocycles. The third-order valence-electron chi connectivity index (χ3n) is 5.25. The van der Waals surface area contributed by atoms with Gasteiger partial charge in [-0.25, -0.2) is 4.39 Å². The summed E-state index contributed by atoms with van der Waals surface area (Å²) >= 11 is 5.76. The molecule has 0 aliphatic heterocycles. The molecular formula is C23H21ClF7NO3. The summed E-state index contributed by atoms with van der Waals surface area (Å²) in [7, 11) is 0. The second-order valence-electron chi connectivity index (χ2n) is 7.69. The Hall–Kier alpha value is -2.82. The lowest BCUT2D eigenvalue weighted by atomic mass is 9.85. The summed E-state index contributed by atoms with van der Waals surface area (Å²) in [6.45, 7) is 2.01. The van der Waals surface area contributed by atoms with Crippen LogP contribution in [0.2, 0.25) is 5.02 Å². The van der Waals surface area contributed by atoms with Crippen molar-refractivity contribution in [3.8, 4) is 0 Å². The molecule has 0 saturated heterocycles. The van der Waals surface area contributed by atoms with Gasteiger partial charge in [-0.05, 0) is 42.3 Å². The van der Waals surface area contributed by atoms with E-state index in [1.807, 2.05) is 5.32 Å². The Morgan fingerprint density at radius 1 is 0.971 bits per heavy atom. The maximum Gasteiger partial charge on any atom is 0.396 e. The van der Waals surface area contributed by atoms with Gasteiger partial charge in [-0.15, -0.1) is 0 Å². The predicted octanol–water partition coefficient (Wildman–Crippen LogP) is 7.00. The minimum Gasteiger partial charge on any atom is -0.466 e. The van der Waals surface area contributed by atoms with Gasteiger partial charge in [0.05, 0.1) is 36.5 Å². The number of anilines is 1. The normalized spacial score (nSPS) is 14.7. The fourth-order valence-electron chi connectivity index (χ4n) is 3.40. The Morgan fingerprint density at radius 2 is 1.54 bits per heavy atom. The van der Waals surface area contributed by atoms with E-state index in [4.69, 9.17) is 11.6 Å². The van der Waals surface area contributed by atoms with Crippen LogP contribution in [-0.2, 0) is 14.3 Å². The van der Waals surface area contributed by atoms with E-state index in [1.54, 1.807) is 0 Å². The molecule has 35 heavy (non-hydrogen) atoms. The Kier molecular flexibility index (Phi) is 9.16. The van der Waals surface area contributed by atoms with E-state index in [1.165, 1.54) is 31.2 Å². The van der Waals surface area contributed by atoms with Crippen LogP contribution in [0.5, 0.6) is 0 Å². The molecule has 1 amide bonds. The van der Waals surface area contributed by atoms with Gasteiger partial charge in [-0.1, -0.05) is 36.7 Å². The van der Waals surface area contributed by atoms with Crippen LogP contribution in [-0.4, -0.2) is 30.8 Å². The van der Waals surface area contributed by atoms with Crippen LogP contribution in [0.15, 0.2) is 42.5 Å². The van der Waals surface area contributed by atoms with E-state index in [0.29, 0.717) is 12.1 Å². The number of rotatable bonds is 8. The van der Waals surface area contributed by atoms with Gasteiger partial charge in [0.25, 0.3) is 0 Å². The highest BCUT2D eigenvalue weighted by atomic mass is 35.5. The first-order valence-electron chi connectivity index (χ1n) is 10.3. The highest BCUT2D eigenvalue weighted by molar-refractivity contribution is 6.30. The van der Waals surface area contributed by atoms with Crippen molar-refractivity contribution in [2.45, 2.75) is 44.5 Å². The fourth-order valence-corrected chi connectivity index (χ4v) is 3.53. The number of amides is 1. The van der Waals surface area contributed by atoms with Crippen molar-refractivity contribution in [1.29, 1.82) is 0 Å². The first kappa shape index (κ1) is 28.4. The smallest absolute Gasteiger partial charge is 0.396 e. The molecule has 0 bridgehead atoms. The third-order valence-corrected chi connectivity index (χ3v) is 5.50. The number of esters is 1. The zero-order valence-electron chi connectivity index (χ0n) is 18.4. The Balaban J connectivity index is 2.44. The number of alkyl halides is 6. The van der Waals surface area contributed by atoms with Crippen molar-refractivity contribution >= 4 is 29.2 Å². The Morgan fingerprint density at radius 3 is 2.06 bits per heavy atom. The molecule has 12 heteroatoms. The molecule has 2 rings (SSSR count). The van der Waals surface area contributed by atoms with Crippen LogP contribution < -0.4 is 5.32 Å². The molecule has 192 valence electrons. The summed E-state index contributed by atoms with van der Waals surface area (Å²) in [6.07, 6.45) is -10.8. The highest BCUT2D eigenvalue weighted by Gasteiger charge is 2.45. The first-order chi connectivity index (χ1) is 16.1. The monoisotopic (exact) mass is 527 g/mol. The van der Waals surface area contributed by atoms with Gasteiger partial charge in [-0.3, -0.25) is 9.59 Å². The summed E-state index contributed by atoms with van der Waals surface area (Å²) in [5.74, 6) is -10.1. The summed E-state index contributed by atoms with van der Waals surface area (Å²) in [4.78, 5) is 24.5. The molecule has 0 aromatic heterocycles. The molecule has 2 aromatic rings. The topological polar surface area (TPSA) is 55.4 Å². The zero-order chi connectivity index (χ0) is 26.6. The van der Waals surface area contributed by atoms with Crippen LogP contribution in [0.4, 0.5) is 36.4 Å². The lowest BCUT2D eigenvalue weighted by Gasteiger charge is -2.26. The first-order valence-corrected chi connectivity index (χ1v) is 10.7. The van der Waals surface area contributed by atoms with Crippen molar-refractivity contribution < 1.29 is 45.1 Å². The number of hydrogen-bond donors (Lipinski definition) is 1. The van der Waals surface area contributed by atoms with Crippen LogP contribution in [0, 0.1) is 11.7 Å². The molecule has 0 saturated carbocycles. The Bertz CT molecular complexity index is 1040. The number of benzene rings is 2. The van der Waals surface area contributed by atoms with E-state index in [2.05, 4.69) is 4.74 Å². The number of ether oxygens (including phenoxy) is 1. The molecular weight excluding hydrogens is 507 g/mol. The van der Waals surface area contributed by atoms with Gasteiger partial charge < -0.3 is 10.1 Å². The van der Waals surface area contributed by atoms with Crippen molar-refractivity contribution in [2.24, 2.45) is 5.92 Å². The van der Waals surface area contributed by atoms with Crippen LogP contribution in [0.3, 0.4) is 0 Å². The maximum atomic E-state index is 14.4. The van der Waals surface area contributed by atoms with Gasteiger partial charge in [0.1, 0.15) is 5.82 Å². The lowest BCUT2D eigenvalue weighted by molar-refractivity contribution is -0.178. The third kappa shape index (κ3) is 7.58. The second-order valence-corrected chi connectivity index (χ2v) is 8.13. The zero-order valence-corrected chi connectivity index (χ0v) is 19.2. The summed E-state index contributed by atoms with van der Waals surface area (Å²) in [5, 5.41) is 2.17. The number of hydrogen-bond acceptors (Lipinski definition) is 3. The summed E-state index contributed by atoms with van der Waals surface area (Å²) < 4.78 is 100. The van der Waals surface area contributed by atoms with Crippen LogP contribution in [0.1, 0.15) is 43.2 Å². The molecule has 0 radical (unpaired) electrons. The molecule has 3 atom stereocenters. The van der Waals surface area contributed by atoms with Gasteiger partial charge >= 0.3 is 18.3 Å². The van der Waals surface area contributed by atoms with Crippen molar-refractivity contribution in [2.75, 3.05) is 11.9 Å². The number of carbonyl (C=O) groups excluding carboxylic acids is 2. The molecule has 0 heterocycles. The van der Waals surface area contributed by atoms with Gasteiger partial charge in [0.15, 0.2) is 0 Å². The molecule has 4 nitrogen and oxygen atoms in total. The minimum atomic E-state index is -4.93. The molecule has 2 aromatic carbocycles. The van der Waals surface area contributed by atoms with Gasteiger partial charge in [0.2, 0.25) is 5.91 Å². The van der Waals surface area contributed by atoms with E-state index >= 15 is 0 Å².